The Morgan fingerprint density at radius 3 is 2.45 bits per heavy atom. The first-order chi connectivity index (χ1) is 10.6. The number of imide groups is 1. The van der Waals surface area contributed by atoms with Crippen LogP contribution < -0.4 is 0 Å². The first-order valence-corrected chi connectivity index (χ1v) is 7.32. The van der Waals surface area contributed by atoms with Crippen LogP contribution in [-0.2, 0) is 19.1 Å². The molecule has 0 aliphatic carbocycles. The zero-order chi connectivity index (χ0) is 15.9. The van der Waals surface area contributed by atoms with Gasteiger partial charge < -0.3 is 4.74 Å². The Morgan fingerprint density at radius 1 is 1.23 bits per heavy atom. The number of nitrogens with zero attached hydrogens (tertiary/aromatic N) is 1. The Kier molecular flexibility index (Phi) is 5.47. The van der Waals surface area contributed by atoms with E-state index >= 15 is 0 Å². The summed E-state index contributed by atoms with van der Waals surface area (Å²) in [5, 5.41) is 0. The Hall–Kier alpha value is -2.43. The summed E-state index contributed by atoms with van der Waals surface area (Å²) in [7, 11) is 0. The molecule has 5 nitrogen and oxygen atoms in total. The zero-order valence-corrected chi connectivity index (χ0v) is 12.4. The molecule has 1 saturated heterocycles. The lowest BCUT2D eigenvalue weighted by Gasteiger charge is -2.16. The lowest BCUT2D eigenvalue weighted by Crippen LogP contribution is -2.30. The van der Waals surface area contributed by atoms with Crippen LogP contribution in [0.15, 0.2) is 43.0 Å². The maximum atomic E-state index is 11.9. The predicted molar refractivity (Wildman–Crippen MR) is 80.7 cm³/mol. The van der Waals surface area contributed by atoms with E-state index in [1.54, 1.807) is 6.08 Å². The van der Waals surface area contributed by atoms with Gasteiger partial charge in [0.25, 0.3) is 0 Å². The molecule has 1 aromatic carbocycles. The lowest BCUT2D eigenvalue weighted by atomic mass is 10.1. The van der Waals surface area contributed by atoms with Crippen LogP contribution in [0.25, 0.3) is 0 Å². The van der Waals surface area contributed by atoms with Gasteiger partial charge in [0, 0.05) is 25.8 Å². The van der Waals surface area contributed by atoms with Crippen LogP contribution in [0, 0.1) is 0 Å². The van der Waals surface area contributed by atoms with Crippen molar-refractivity contribution in [2.45, 2.75) is 31.8 Å². The van der Waals surface area contributed by atoms with E-state index in [1.165, 1.54) is 4.90 Å². The molecular weight excluding hydrogens is 282 g/mol. The largest absolute Gasteiger partial charge is 0.453 e. The van der Waals surface area contributed by atoms with Crippen molar-refractivity contribution in [2.24, 2.45) is 0 Å². The Morgan fingerprint density at radius 2 is 1.86 bits per heavy atom. The highest BCUT2D eigenvalue weighted by Gasteiger charge is 2.28. The van der Waals surface area contributed by atoms with Gasteiger partial charge in [-0.1, -0.05) is 36.9 Å². The fraction of sp³-hybridized carbons (Fsp3) is 0.353. The van der Waals surface area contributed by atoms with Crippen molar-refractivity contribution in [3.05, 3.63) is 48.6 Å². The highest BCUT2D eigenvalue weighted by atomic mass is 16.5. The Labute approximate surface area is 129 Å². The van der Waals surface area contributed by atoms with Crippen molar-refractivity contribution in [1.29, 1.82) is 0 Å². The standard InChI is InChI=1S/C17H19NO4/c1-2-14(13-7-4-3-5-8-13)22-17(21)9-6-12-18-15(19)10-11-16(18)20/h2-5,7-8,14H,1,6,9-12H2. The minimum atomic E-state index is -0.483. The predicted octanol–water partition coefficient (Wildman–Crippen LogP) is 2.39. The van der Waals surface area contributed by atoms with E-state index in [0.29, 0.717) is 6.42 Å². The van der Waals surface area contributed by atoms with Gasteiger partial charge in [-0.3, -0.25) is 19.3 Å². The third-order valence-corrected chi connectivity index (χ3v) is 3.52. The maximum Gasteiger partial charge on any atom is 0.306 e. The minimum Gasteiger partial charge on any atom is -0.453 e. The summed E-state index contributed by atoms with van der Waals surface area (Å²) in [6.07, 6.45) is 2.21. The van der Waals surface area contributed by atoms with Crippen LogP contribution in [0.5, 0.6) is 0 Å². The number of benzene rings is 1. The lowest BCUT2D eigenvalue weighted by molar-refractivity contribution is -0.148. The molecule has 1 heterocycles. The molecule has 0 spiro atoms. The molecule has 0 saturated carbocycles. The molecule has 1 aliphatic heterocycles. The van der Waals surface area contributed by atoms with Gasteiger partial charge in [0.15, 0.2) is 0 Å². The van der Waals surface area contributed by atoms with Crippen LogP contribution in [0.1, 0.15) is 37.4 Å². The molecule has 22 heavy (non-hydrogen) atoms. The molecule has 2 amide bonds. The van der Waals surface area contributed by atoms with E-state index in [9.17, 15) is 14.4 Å². The van der Waals surface area contributed by atoms with Gasteiger partial charge in [0.05, 0.1) is 0 Å². The summed E-state index contributed by atoms with van der Waals surface area (Å²) in [5.41, 5.74) is 0.857. The van der Waals surface area contributed by atoms with Gasteiger partial charge in [0.1, 0.15) is 6.10 Å². The number of esters is 1. The van der Waals surface area contributed by atoms with Gasteiger partial charge in [0.2, 0.25) is 11.8 Å². The molecule has 116 valence electrons. The summed E-state index contributed by atoms with van der Waals surface area (Å²) in [6.45, 7) is 3.95. The van der Waals surface area contributed by atoms with Crippen molar-refractivity contribution in [1.82, 2.24) is 4.90 Å². The average molecular weight is 301 g/mol. The Balaban J connectivity index is 1.79. The second-order valence-corrected chi connectivity index (χ2v) is 5.10. The summed E-state index contributed by atoms with van der Waals surface area (Å²) in [5.74, 6) is -0.689. The first kappa shape index (κ1) is 15.9. The first-order valence-electron chi connectivity index (χ1n) is 7.32. The Bertz CT molecular complexity index is 551. The number of hydrogen-bond donors (Lipinski definition) is 0. The van der Waals surface area contributed by atoms with Gasteiger partial charge in [-0.05, 0) is 18.1 Å². The minimum absolute atomic E-state index is 0.161. The second-order valence-electron chi connectivity index (χ2n) is 5.10. The van der Waals surface area contributed by atoms with Crippen molar-refractivity contribution in [2.75, 3.05) is 6.54 Å². The van der Waals surface area contributed by atoms with E-state index in [4.69, 9.17) is 4.74 Å². The molecule has 0 aromatic heterocycles. The van der Waals surface area contributed by atoms with E-state index in [0.717, 1.165) is 5.56 Å². The highest BCUT2D eigenvalue weighted by Crippen LogP contribution is 2.19. The van der Waals surface area contributed by atoms with Crippen LogP contribution in [-0.4, -0.2) is 29.2 Å². The fourth-order valence-corrected chi connectivity index (χ4v) is 2.35. The molecule has 1 fully saturated rings. The molecule has 1 unspecified atom stereocenters. The van der Waals surface area contributed by atoms with E-state index in [1.807, 2.05) is 30.3 Å². The van der Waals surface area contributed by atoms with Crippen molar-refractivity contribution >= 4 is 17.8 Å². The van der Waals surface area contributed by atoms with Gasteiger partial charge in [-0.15, -0.1) is 0 Å². The fourth-order valence-electron chi connectivity index (χ4n) is 2.35. The van der Waals surface area contributed by atoms with E-state index in [-0.39, 0.29) is 43.6 Å². The van der Waals surface area contributed by atoms with Crippen LogP contribution >= 0.6 is 0 Å². The third-order valence-electron chi connectivity index (χ3n) is 3.52. The van der Waals surface area contributed by atoms with Gasteiger partial charge in [-0.25, -0.2) is 0 Å². The zero-order valence-electron chi connectivity index (χ0n) is 12.4. The maximum absolute atomic E-state index is 11.9. The average Bonchev–Trinajstić information content (AvgIpc) is 2.85. The number of likely N-dealkylation sites (tertiary alicyclic amines) is 1. The smallest absolute Gasteiger partial charge is 0.306 e. The van der Waals surface area contributed by atoms with Crippen LogP contribution in [0.2, 0.25) is 0 Å². The number of carbonyl (C=O) groups excluding carboxylic acids is 3. The normalized spacial score (nSPS) is 15.7. The highest BCUT2D eigenvalue weighted by molar-refractivity contribution is 6.01. The summed E-state index contributed by atoms with van der Waals surface area (Å²) in [6, 6.07) is 9.34. The van der Waals surface area contributed by atoms with Crippen LogP contribution in [0.4, 0.5) is 0 Å². The summed E-state index contributed by atoms with van der Waals surface area (Å²) < 4.78 is 5.36. The molecular formula is C17H19NO4. The molecule has 1 atom stereocenters. The van der Waals surface area contributed by atoms with Gasteiger partial charge in [-0.2, -0.15) is 0 Å². The molecule has 1 aromatic rings. The summed E-state index contributed by atoms with van der Waals surface area (Å²) in [4.78, 5) is 36.0. The van der Waals surface area contributed by atoms with Crippen molar-refractivity contribution in [3.8, 4) is 0 Å². The molecule has 0 bridgehead atoms. The number of amides is 2. The number of carbonyl (C=O) groups is 3. The van der Waals surface area contributed by atoms with Crippen molar-refractivity contribution < 1.29 is 19.1 Å². The SMILES string of the molecule is C=CC(OC(=O)CCCN1C(=O)CCC1=O)c1ccccc1. The third kappa shape index (κ3) is 4.04. The monoisotopic (exact) mass is 301 g/mol. The second kappa shape index (κ2) is 7.54. The molecule has 0 N–H and O–H groups in total. The molecule has 0 radical (unpaired) electrons. The van der Waals surface area contributed by atoms with E-state index in [2.05, 4.69) is 6.58 Å². The van der Waals surface area contributed by atoms with Crippen molar-refractivity contribution in [3.63, 3.8) is 0 Å². The number of hydrogen-bond acceptors (Lipinski definition) is 4. The van der Waals surface area contributed by atoms with E-state index < -0.39 is 6.10 Å². The topological polar surface area (TPSA) is 63.7 Å². The quantitative estimate of drug-likeness (QED) is 0.441. The number of ether oxygens (including phenoxy) is 1. The molecule has 5 heteroatoms. The van der Waals surface area contributed by atoms with Crippen LogP contribution in [0.3, 0.4) is 0 Å². The van der Waals surface area contributed by atoms with Gasteiger partial charge >= 0.3 is 5.97 Å². The number of rotatable bonds is 7. The molecule has 1 aliphatic rings. The summed E-state index contributed by atoms with van der Waals surface area (Å²) >= 11 is 0. The molecule has 2 rings (SSSR count).